The second-order valence-electron chi connectivity index (χ2n) is 2.59. The van der Waals surface area contributed by atoms with Gasteiger partial charge in [-0.25, -0.2) is 0 Å². The van der Waals surface area contributed by atoms with Crippen molar-refractivity contribution in [1.82, 2.24) is 10.2 Å². The van der Waals surface area contributed by atoms with Crippen LogP contribution in [0.4, 0.5) is 0 Å². The first-order chi connectivity index (χ1) is 5.93. The predicted molar refractivity (Wildman–Crippen MR) is 43.5 cm³/mol. The zero-order valence-electron chi connectivity index (χ0n) is 7.32. The number of nitrogens with zero attached hydrogens (tertiary/aromatic N) is 2. The molecule has 0 N–H and O–H groups in total. The maximum Gasteiger partial charge on any atom is 0.241 e. The summed E-state index contributed by atoms with van der Waals surface area (Å²) in [5, 5.41) is 7.23. The molecule has 0 aromatic carbocycles. The van der Waals surface area contributed by atoms with Gasteiger partial charge in [-0.05, 0) is 6.42 Å². The van der Waals surface area contributed by atoms with Gasteiger partial charge in [-0.3, -0.25) is 0 Å². The highest BCUT2D eigenvalue weighted by molar-refractivity contribution is 4.66. The van der Waals surface area contributed by atoms with Crippen molar-refractivity contribution in [2.75, 3.05) is 6.61 Å². The zero-order chi connectivity index (χ0) is 8.65. The highest BCUT2D eigenvalue weighted by Gasteiger charge is 1.96. The van der Waals surface area contributed by atoms with Gasteiger partial charge < -0.3 is 9.15 Å². The van der Waals surface area contributed by atoms with E-state index in [4.69, 9.17) is 9.15 Å². The Morgan fingerprint density at radius 3 is 3.08 bits per heavy atom. The molecule has 1 heterocycles. The summed E-state index contributed by atoms with van der Waals surface area (Å²) in [7, 11) is 0. The molecule has 12 heavy (non-hydrogen) atoms. The fourth-order valence-electron chi connectivity index (χ4n) is 0.872. The van der Waals surface area contributed by atoms with Gasteiger partial charge in [-0.1, -0.05) is 19.8 Å². The van der Waals surface area contributed by atoms with Crippen LogP contribution < -0.4 is 0 Å². The Bertz CT molecular complexity index is 187. The predicted octanol–water partition coefficient (Wildman–Crippen LogP) is 1.78. The van der Waals surface area contributed by atoms with Crippen LogP contribution in [0.5, 0.6) is 0 Å². The molecule has 0 atom stereocenters. The minimum atomic E-state index is 0.434. The lowest BCUT2D eigenvalue weighted by Gasteiger charge is -1.98. The van der Waals surface area contributed by atoms with Crippen LogP contribution in [0.1, 0.15) is 32.1 Å². The standard InChI is InChI=1S/C8H14N2O2/c1-2-3-4-5-11-6-8-10-9-7-12-8/h7H,2-6H2,1H3. The molecule has 0 saturated carbocycles. The van der Waals surface area contributed by atoms with Crippen LogP contribution >= 0.6 is 0 Å². The maximum atomic E-state index is 5.28. The van der Waals surface area contributed by atoms with E-state index < -0.39 is 0 Å². The molecule has 0 unspecified atom stereocenters. The molecule has 0 saturated heterocycles. The van der Waals surface area contributed by atoms with E-state index in [1.54, 1.807) is 0 Å². The van der Waals surface area contributed by atoms with Crippen LogP contribution in [-0.2, 0) is 11.3 Å². The first-order valence-corrected chi connectivity index (χ1v) is 4.26. The van der Waals surface area contributed by atoms with Gasteiger partial charge in [0.25, 0.3) is 0 Å². The van der Waals surface area contributed by atoms with Crippen molar-refractivity contribution in [3.8, 4) is 0 Å². The highest BCUT2D eigenvalue weighted by Crippen LogP contribution is 1.98. The van der Waals surface area contributed by atoms with E-state index in [1.165, 1.54) is 19.2 Å². The van der Waals surface area contributed by atoms with E-state index >= 15 is 0 Å². The van der Waals surface area contributed by atoms with E-state index in [0.29, 0.717) is 12.5 Å². The number of hydrogen-bond acceptors (Lipinski definition) is 4. The molecule has 0 aliphatic heterocycles. The molecule has 0 spiro atoms. The molecule has 0 amide bonds. The molecule has 4 heteroatoms. The van der Waals surface area contributed by atoms with Crippen molar-refractivity contribution in [2.24, 2.45) is 0 Å². The van der Waals surface area contributed by atoms with Crippen molar-refractivity contribution in [1.29, 1.82) is 0 Å². The fraction of sp³-hybridized carbons (Fsp3) is 0.750. The Morgan fingerprint density at radius 1 is 1.50 bits per heavy atom. The van der Waals surface area contributed by atoms with Gasteiger partial charge >= 0.3 is 0 Å². The average molecular weight is 170 g/mol. The Balaban J connectivity index is 1.96. The zero-order valence-corrected chi connectivity index (χ0v) is 7.32. The lowest BCUT2D eigenvalue weighted by atomic mass is 10.3. The van der Waals surface area contributed by atoms with Crippen molar-refractivity contribution in [3.05, 3.63) is 12.3 Å². The van der Waals surface area contributed by atoms with E-state index in [-0.39, 0.29) is 0 Å². The fourth-order valence-corrected chi connectivity index (χ4v) is 0.872. The van der Waals surface area contributed by atoms with Crippen molar-refractivity contribution in [2.45, 2.75) is 32.8 Å². The third kappa shape index (κ3) is 3.48. The molecule has 0 fully saturated rings. The van der Waals surface area contributed by atoms with Crippen LogP contribution in [-0.4, -0.2) is 16.8 Å². The molecule has 1 aromatic heterocycles. The van der Waals surface area contributed by atoms with Crippen molar-refractivity contribution < 1.29 is 9.15 Å². The number of aromatic nitrogens is 2. The molecule has 68 valence electrons. The molecule has 4 nitrogen and oxygen atoms in total. The van der Waals surface area contributed by atoms with Crippen LogP contribution in [0.25, 0.3) is 0 Å². The smallest absolute Gasteiger partial charge is 0.241 e. The number of ether oxygens (including phenoxy) is 1. The Kier molecular flexibility index (Phi) is 4.37. The SMILES string of the molecule is CCCCCOCc1nnco1. The molecule has 0 radical (unpaired) electrons. The summed E-state index contributed by atoms with van der Waals surface area (Å²) < 4.78 is 10.2. The van der Waals surface area contributed by atoms with Gasteiger partial charge in [-0.2, -0.15) is 0 Å². The van der Waals surface area contributed by atoms with Crippen molar-refractivity contribution in [3.63, 3.8) is 0 Å². The van der Waals surface area contributed by atoms with E-state index in [0.717, 1.165) is 13.0 Å². The Labute approximate surface area is 71.9 Å². The lowest BCUT2D eigenvalue weighted by Crippen LogP contribution is -1.95. The summed E-state index contributed by atoms with van der Waals surface area (Å²) in [6.45, 7) is 3.37. The maximum absolute atomic E-state index is 5.28. The molecular weight excluding hydrogens is 156 g/mol. The molecule has 0 aliphatic carbocycles. The Morgan fingerprint density at radius 2 is 2.42 bits per heavy atom. The van der Waals surface area contributed by atoms with E-state index in [9.17, 15) is 0 Å². The Hall–Kier alpha value is -0.900. The summed E-state index contributed by atoms with van der Waals surface area (Å²) in [4.78, 5) is 0. The normalized spacial score (nSPS) is 10.4. The minimum absolute atomic E-state index is 0.434. The second kappa shape index (κ2) is 5.71. The monoisotopic (exact) mass is 170 g/mol. The van der Waals surface area contributed by atoms with E-state index in [2.05, 4.69) is 17.1 Å². The van der Waals surface area contributed by atoms with Gasteiger partial charge in [0.05, 0.1) is 0 Å². The van der Waals surface area contributed by atoms with Gasteiger partial charge in [0.1, 0.15) is 6.61 Å². The topological polar surface area (TPSA) is 48.2 Å². The third-order valence-corrected chi connectivity index (χ3v) is 1.52. The number of rotatable bonds is 6. The van der Waals surface area contributed by atoms with E-state index in [1.807, 2.05) is 0 Å². The lowest BCUT2D eigenvalue weighted by molar-refractivity contribution is 0.0991. The summed E-state index contributed by atoms with van der Waals surface area (Å²) >= 11 is 0. The molecule has 1 aromatic rings. The summed E-state index contributed by atoms with van der Waals surface area (Å²) in [6, 6.07) is 0. The van der Waals surface area contributed by atoms with Crippen LogP contribution in [0.2, 0.25) is 0 Å². The molecule has 1 rings (SSSR count). The number of unbranched alkanes of at least 4 members (excludes halogenated alkanes) is 2. The molecule has 0 aliphatic rings. The first-order valence-electron chi connectivity index (χ1n) is 4.26. The summed E-state index contributed by atoms with van der Waals surface area (Å²) in [5.74, 6) is 0.548. The average Bonchev–Trinajstić information content (AvgIpc) is 2.57. The highest BCUT2D eigenvalue weighted by atomic mass is 16.5. The third-order valence-electron chi connectivity index (χ3n) is 1.52. The van der Waals surface area contributed by atoms with Crippen LogP contribution in [0.15, 0.2) is 10.8 Å². The first kappa shape index (κ1) is 9.19. The van der Waals surface area contributed by atoms with Crippen LogP contribution in [0, 0.1) is 0 Å². The van der Waals surface area contributed by atoms with Gasteiger partial charge in [0.15, 0.2) is 0 Å². The van der Waals surface area contributed by atoms with Crippen molar-refractivity contribution >= 4 is 0 Å². The quantitative estimate of drug-likeness (QED) is 0.610. The molecule has 0 bridgehead atoms. The summed E-state index contributed by atoms with van der Waals surface area (Å²) in [6.07, 6.45) is 4.84. The summed E-state index contributed by atoms with van der Waals surface area (Å²) in [5.41, 5.74) is 0. The largest absolute Gasteiger partial charge is 0.425 e. The van der Waals surface area contributed by atoms with Gasteiger partial charge in [0.2, 0.25) is 12.3 Å². The van der Waals surface area contributed by atoms with Crippen LogP contribution in [0.3, 0.4) is 0 Å². The number of hydrogen-bond donors (Lipinski definition) is 0. The minimum Gasteiger partial charge on any atom is -0.425 e. The van der Waals surface area contributed by atoms with Gasteiger partial charge in [-0.15, -0.1) is 10.2 Å². The second-order valence-corrected chi connectivity index (χ2v) is 2.59. The van der Waals surface area contributed by atoms with Gasteiger partial charge in [0, 0.05) is 6.61 Å². The molecular formula is C8H14N2O2.